The lowest BCUT2D eigenvalue weighted by Crippen LogP contribution is -2.55. The highest BCUT2D eigenvalue weighted by Crippen LogP contribution is 2.19. The van der Waals surface area contributed by atoms with Crippen LogP contribution in [-0.4, -0.2) is 51.9 Å². The Morgan fingerprint density at radius 2 is 2.00 bits per heavy atom. The van der Waals surface area contributed by atoms with Crippen molar-refractivity contribution in [1.29, 1.82) is 0 Å². The molecule has 1 aromatic rings. The van der Waals surface area contributed by atoms with Gasteiger partial charge in [0.15, 0.2) is 0 Å². The summed E-state index contributed by atoms with van der Waals surface area (Å²) in [6.45, 7) is 1.79. The van der Waals surface area contributed by atoms with Crippen LogP contribution >= 0.6 is 11.6 Å². The number of likely N-dealkylation sites (tertiary alicyclic amines) is 1. The zero-order chi connectivity index (χ0) is 16.9. The SMILES string of the molecule is COCCC1CN(C(=O)NS(=O)(=O)CCc2ccc(Cl)cc2)C1. The number of amides is 2. The summed E-state index contributed by atoms with van der Waals surface area (Å²) >= 11 is 5.78. The van der Waals surface area contributed by atoms with Gasteiger partial charge >= 0.3 is 6.03 Å². The molecule has 0 aromatic heterocycles. The number of methoxy groups -OCH3 is 1. The predicted octanol–water partition coefficient (Wildman–Crippen LogP) is 1.89. The standard InChI is InChI=1S/C15H21ClN2O4S/c1-22-8-6-13-10-18(11-13)15(19)17-23(20,21)9-7-12-2-4-14(16)5-3-12/h2-5,13H,6-11H2,1H3,(H,17,19). The number of nitrogens with zero attached hydrogens (tertiary/aromatic N) is 1. The second-order valence-corrected chi connectivity index (χ2v) is 7.93. The van der Waals surface area contributed by atoms with Gasteiger partial charge in [-0.05, 0) is 36.5 Å². The molecule has 1 N–H and O–H groups in total. The molecule has 0 saturated carbocycles. The van der Waals surface area contributed by atoms with Crippen LogP contribution in [0.1, 0.15) is 12.0 Å². The van der Waals surface area contributed by atoms with Crippen LogP contribution < -0.4 is 4.72 Å². The van der Waals surface area contributed by atoms with Crippen molar-refractivity contribution in [2.45, 2.75) is 12.8 Å². The molecule has 1 saturated heterocycles. The first-order valence-electron chi connectivity index (χ1n) is 7.42. The molecule has 1 heterocycles. The first-order valence-corrected chi connectivity index (χ1v) is 9.45. The van der Waals surface area contributed by atoms with Gasteiger partial charge in [0, 0.05) is 31.8 Å². The summed E-state index contributed by atoms with van der Waals surface area (Å²) in [5.41, 5.74) is 0.857. The highest BCUT2D eigenvalue weighted by molar-refractivity contribution is 7.90. The minimum atomic E-state index is -3.64. The van der Waals surface area contributed by atoms with E-state index in [1.165, 1.54) is 4.90 Å². The molecule has 0 spiro atoms. The summed E-state index contributed by atoms with van der Waals surface area (Å²) in [6.07, 6.45) is 1.21. The van der Waals surface area contributed by atoms with Crippen molar-refractivity contribution in [3.63, 3.8) is 0 Å². The number of benzene rings is 1. The van der Waals surface area contributed by atoms with E-state index in [1.807, 2.05) is 0 Å². The number of halogens is 1. The third-order valence-electron chi connectivity index (χ3n) is 3.79. The van der Waals surface area contributed by atoms with E-state index >= 15 is 0 Å². The number of nitrogens with one attached hydrogen (secondary N) is 1. The van der Waals surface area contributed by atoms with Gasteiger partial charge in [0.1, 0.15) is 0 Å². The Balaban J connectivity index is 1.75. The van der Waals surface area contributed by atoms with E-state index in [2.05, 4.69) is 4.72 Å². The predicted molar refractivity (Wildman–Crippen MR) is 89.0 cm³/mol. The molecule has 2 rings (SSSR count). The molecule has 0 aliphatic carbocycles. The summed E-state index contributed by atoms with van der Waals surface area (Å²) < 4.78 is 31.1. The molecule has 0 unspecified atom stereocenters. The van der Waals surface area contributed by atoms with Crippen LogP contribution in [0.4, 0.5) is 4.79 Å². The summed E-state index contributed by atoms with van der Waals surface area (Å²) in [4.78, 5) is 13.4. The normalized spacial score (nSPS) is 15.3. The number of aryl methyl sites for hydroxylation is 1. The molecule has 6 nitrogen and oxygen atoms in total. The second-order valence-electron chi connectivity index (χ2n) is 5.66. The van der Waals surface area contributed by atoms with Gasteiger partial charge in [-0.3, -0.25) is 0 Å². The van der Waals surface area contributed by atoms with Gasteiger partial charge < -0.3 is 9.64 Å². The lowest BCUT2D eigenvalue weighted by molar-refractivity contribution is 0.0925. The number of carbonyl (C=O) groups excluding carboxylic acids is 1. The molecule has 2 amide bonds. The molecule has 1 aromatic carbocycles. The van der Waals surface area contributed by atoms with Gasteiger partial charge in [0.25, 0.3) is 0 Å². The maximum absolute atomic E-state index is 12.0. The Labute approximate surface area is 141 Å². The molecule has 128 valence electrons. The fourth-order valence-electron chi connectivity index (χ4n) is 2.35. The molecule has 23 heavy (non-hydrogen) atoms. The number of sulfonamides is 1. The Kier molecular flexibility index (Phi) is 6.26. The van der Waals surface area contributed by atoms with E-state index in [0.717, 1.165) is 12.0 Å². The first-order chi connectivity index (χ1) is 10.9. The van der Waals surface area contributed by atoms with E-state index in [4.69, 9.17) is 16.3 Å². The lowest BCUT2D eigenvalue weighted by Gasteiger charge is -2.38. The van der Waals surface area contributed by atoms with Crippen LogP contribution in [0, 0.1) is 5.92 Å². The summed E-state index contributed by atoms with van der Waals surface area (Å²) in [5, 5.41) is 0.603. The number of urea groups is 1. The molecular weight excluding hydrogens is 340 g/mol. The van der Waals surface area contributed by atoms with Crippen molar-refractivity contribution in [3.8, 4) is 0 Å². The van der Waals surface area contributed by atoms with E-state index < -0.39 is 16.1 Å². The summed E-state index contributed by atoms with van der Waals surface area (Å²) in [6, 6.07) is 6.42. The molecule has 1 aliphatic heterocycles. The van der Waals surface area contributed by atoms with E-state index in [-0.39, 0.29) is 5.75 Å². The van der Waals surface area contributed by atoms with Crippen molar-refractivity contribution in [2.24, 2.45) is 5.92 Å². The van der Waals surface area contributed by atoms with Gasteiger partial charge in [0.05, 0.1) is 5.75 Å². The fourth-order valence-corrected chi connectivity index (χ4v) is 3.48. The van der Waals surface area contributed by atoms with E-state index in [1.54, 1.807) is 31.4 Å². The van der Waals surface area contributed by atoms with Gasteiger partial charge in [0.2, 0.25) is 10.0 Å². The highest BCUT2D eigenvalue weighted by atomic mass is 35.5. The Hall–Kier alpha value is -1.31. The Morgan fingerprint density at radius 3 is 2.61 bits per heavy atom. The molecule has 1 aliphatic rings. The number of hydrogen-bond donors (Lipinski definition) is 1. The number of hydrogen-bond acceptors (Lipinski definition) is 4. The number of carbonyl (C=O) groups is 1. The zero-order valence-corrected chi connectivity index (χ0v) is 14.6. The Morgan fingerprint density at radius 1 is 1.35 bits per heavy atom. The fraction of sp³-hybridized carbons (Fsp3) is 0.533. The molecular formula is C15H21ClN2O4S. The number of rotatable bonds is 7. The minimum absolute atomic E-state index is 0.138. The van der Waals surface area contributed by atoms with Crippen LogP contribution in [0.2, 0.25) is 5.02 Å². The van der Waals surface area contributed by atoms with Crippen molar-refractivity contribution < 1.29 is 17.9 Å². The van der Waals surface area contributed by atoms with Crippen molar-refractivity contribution >= 4 is 27.7 Å². The topological polar surface area (TPSA) is 75.7 Å². The van der Waals surface area contributed by atoms with Crippen LogP contribution in [-0.2, 0) is 21.2 Å². The van der Waals surface area contributed by atoms with Crippen molar-refractivity contribution in [2.75, 3.05) is 32.6 Å². The first kappa shape index (κ1) is 18.0. The van der Waals surface area contributed by atoms with Gasteiger partial charge in [-0.2, -0.15) is 0 Å². The molecule has 1 fully saturated rings. The second kappa shape index (κ2) is 7.99. The third kappa shape index (κ3) is 5.67. The van der Waals surface area contributed by atoms with Gasteiger partial charge in [-0.25, -0.2) is 17.9 Å². The maximum atomic E-state index is 12.0. The average molecular weight is 361 g/mol. The molecule has 0 radical (unpaired) electrons. The summed E-state index contributed by atoms with van der Waals surface area (Å²) in [5.74, 6) is 0.249. The van der Waals surface area contributed by atoms with Crippen LogP contribution in [0.5, 0.6) is 0 Å². The number of ether oxygens (including phenoxy) is 1. The molecule has 0 bridgehead atoms. The van der Waals surface area contributed by atoms with Crippen LogP contribution in [0.25, 0.3) is 0 Å². The van der Waals surface area contributed by atoms with Gasteiger partial charge in [-0.1, -0.05) is 23.7 Å². The van der Waals surface area contributed by atoms with Crippen LogP contribution in [0.3, 0.4) is 0 Å². The smallest absolute Gasteiger partial charge is 0.331 e. The third-order valence-corrected chi connectivity index (χ3v) is 5.27. The van der Waals surface area contributed by atoms with Crippen LogP contribution in [0.15, 0.2) is 24.3 Å². The lowest BCUT2D eigenvalue weighted by atomic mass is 9.97. The minimum Gasteiger partial charge on any atom is -0.385 e. The molecule has 0 atom stereocenters. The van der Waals surface area contributed by atoms with Gasteiger partial charge in [-0.15, -0.1) is 0 Å². The quantitative estimate of drug-likeness (QED) is 0.805. The monoisotopic (exact) mass is 360 g/mol. The summed E-state index contributed by atoms with van der Waals surface area (Å²) in [7, 11) is -2.01. The maximum Gasteiger partial charge on any atom is 0.331 e. The zero-order valence-electron chi connectivity index (χ0n) is 13.0. The van der Waals surface area contributed by atoms with Crippen molar-refractivity contribution in [1.82, 2.24) is 9.62 Å². The average Bonchev–Trinajstić information content (AvgIpc) is 2.44. The Bertz CT molecular complexity index is 627. The van der Waals surface area contributed by atoms with E-state index in [9.17, 15) is 13.2 Å². The largest absolute Gasteiger partial charge is 0.385 e. The van der Waals surface area contributed by atoms with E-state index in [0.29, 0.717) is 37.1 Å². The van der Waals surface area contributed by atoms with Crippen molar-refractivity contribution in [3.05, 3.63) is 34.9 Å². The molecule has 8 heteroatoms. The highest BCUT2D eigenvalue weighted by Gasteiger charge is 2.31.